The summed E-state index contributed by atoms with van der Waals surface area (Å²) in [6.45, 7) is 4.27. The first-order valence-corrected chi connectivity index (χ1v) is 21.2. The van der Waals surface area contributed by atoms with Crippen molar-refractivity contribution in [3.8, 4) is 5.75 Å². The van der Waals surface area contributed by atoms with Gasteiger partial charge in [-0.3, -0.25) is 9.59 Å². The molecule has 276 valence electrons. The summed E-state index contributed by atoms with van der Waals surface area (Å²) in [4.78, 5) is 40.4. The summed E-state index contributed by atoms with van der Waals surface area (Å²) in [5.41, 5.74) is 1.49. The monoisotopic (exact) mass is 756 g/mol. The number of amides is 2. The molecule has 0 fully saturated rings. The molecule has 3 aromatic rings. The summed E-state index contributed by atoms with van der Waals surface area (Å²) >= 11 is 2.70. The summed E-state index contributed by atoms with van der Waals surface area (Å²) in [5.74, 6) is -1.70. The van der Waals surface area contributed by atoms with Gasteiger partial charge in [-0.2, -0.15) is 11.8 Å². The number of sulfonamides is 1. The zero-order chi connectivity index (χ0) is 37.0. The third-order valence-electron chi connectivity index (χ3n) is 8.76. The Balaban J connectivity index is 1.59. The molecule has 1 aliphatic heterocycles. The Labute approximate surface area is 309 Å². The molecule has 1 aliphatic rings. The Bertz CT molecular complexity index is 1760. The molecule has 14 heteroatoms. The van der Waals surface area contributed by atoms with Gasteiger partial charge in [-0.05, 0) is 55.2 Å². The number of fused-ring (bicyclic) bond motifs is 1. The third kappa shape index (κ3) is 10.4. The first kappa shape index (κ1) is 40.1. The van der Waals surface area contributed by atoms with E-state index in [0.717, 1.165) is 31.4 Å². The number of ether oxygens (including phenoxy) is 1. The Kier molecular flexibility index (Phi) is 14.7. The number of hydrogen-bond acceptors (Lipinski definition) is 9. The largest absolute Gasteiger partial charge is 0.483 e. The first-order chi connectivity index (χ1) is 24.5. The lowest BCUT2D eigenvalue weighted by molar-refractivity contribution is -0.138. The van der Waals surface area contributed by atoms with Gasteiger partial charge in [0.25, 0.3) is 11.8 Å². The number of aliphatic carboxylic acids is 1. The lowest BCUT2D eigenvalue weighted by Crippen LogP contribution is -2.53. The lowest BCUT2D eigenvalue weighted by Gasteiger charge is -2.37. The average molecular weight is 757 g/mol. The van der Waals surface area contributed by atoms with Crippen molar-refractivity contribution in [2.75, 3.05) is 36.3 Å². The van der Waals surface area contributed by atoms with Crippen LogP contribution in [-0.2, 0) is 26.2 Å². The van der Waals surface area contributed by atoms with E-state index < -0.39 is 46.0 Å². The second kappa shape index (κ2) is 18.7. The van der Waals surface area contributed by atoms with Crippen LogP contribution in [0.15, 0.2) is 76.5 Å². The normalized spacial score (nSPS) is 15.3. The van der Waals surface area contributed by atoms with Gasteiger partial charge in [0.05, 0.1) is 16.1 Å². The van der Waals surface area contributed by atoms with Gasteiger partial charge in [-0.25, -0.2) is 17.9 Å². The maximum Gasteiger partial charge on any atom is 0.327 e. The van der Waals surface area contributed by atoms with Crippen molar-refractivity contribution in [2.24, 2.45) is 0 Å². The molecule has 51 heavy (non-hydrogen) atoms. The van der Waals surface area contributed by atoms with Crippen LogP contribution in [0.25, 0.3) is 0 Å². The Morgan fingerprint density at radius 3 is 2.29 bits per heavy atom. The van der Waals surface area contributed by atoms with E-state index in [1.807, 2.05) is 42.7 Å². The Morgan fingerprint density at radius 1 is 1.00 bits per heavy atom. The number of carbonyl (C=O) groups is 3. The van der Waals surface area contributed by atoms with Crippen molar-refractivity contribution in [3.63, 3.8) is 0 Å². The smallest absolute Gasteiger partial charge is 0.327 e. The van der Waals surface area contributed by atoms with Crippen LogP contribution in [0.4, 0.5) is 11.4 Å². The minimum atomic E-state index is -4.01. The minimum absolute atomic E-state index is 0.00639. The van der Waals surface area contributed by atoms with Gasteiger partial charge in [0.15, 0.2) is 6.61 Å². The maximum atomic E-state index is 14.2. The molecule has 0 aromatic heterocycles. The second-order valence-electron chi connectivity index (χ2n) is 12.5. The molecule has 0 unspecified atom stereocenters. The zero-order valence-corrected chi connectivity index (χ0v) is 32.0. The number of para-hydroxylation sites is 1. The number of nitrogens with zero attached hydrogens (tertiary/aromatic N) is 1. The van der Waals surface area contributed by atoms with Gasteiger partial charge < -0.3 is 25.4 Å². The van der Waals surface area contributed by atoms with Crippen molar-refractivity contribution >= 4 is 62.7 Å². The quantitative estimate of drug-likeness (QED) is 0.110. The molecular formula is C37H48N4O7S3. The predicted octanol–water partition coefficient (Wildman–Crippen LogP) is 6.20. The van der Waals surface area contributed by atoms with Gasteiger partial charge in [-0.1, -0.05) is 75.9 Å². The number of carboxylic acids is 1. The van der Waals surface area contributed by atoms with E-state index in [0.29, 0.717) is 35.5 Å². The van der Waals surface area contributed by atoms with Crippen LogP contribution in [0.3, 0.4) is 0 Å². The highest BCUT2D eigenvalue weighted by atomic mass is 32.2. The number of nitrogens with one attached hydrogen (secondary N) is 3. The Hall–Kier alpha value is -3.72. The number of unbranched alkanes of at least 4 members (excludes halogenated alkanes) is 2. The third-order valence-corrected chi connectivity index (χ3v) is 11.8. The van der Waals surface area contributed by atoms with Crippen LogP contribution in [0, 0.1) is 0 Å². The molecule has 1 heterocycles. The minimum Gasteiger partial charge on any atom is -0.483 e. The van der Waals surface area contributed by atoms with E-state index >= 15 is 0 Å². The first-order valence-electron chi connectivity index (χ1n) is 17.1. The van der Waals surface area contributed by atoms with Crippen molar-refractivity contribution in [1.82, 2.24) is 15.4 Å². The Morgan fingerprint density at radius 2 is 1.67 bits per heavy atom. The van der Waals surface area contributed by atoms with Crippen molar-refractivity contribution in [1.29, 1.82) is 0 Å². The summed E-state index contributed by atoms with van der Waals surface area (Å²) in [6, 6.07) is 18.7. The molecule has 0 bridgehead atoms. The highest BCUT2D eigenvalue weighted by Gasteiger charge is 2.42. The number of carbonyl (C=O) groups excluding carboxylic acids is 2. The molecule has 3 aromatic carbocycles. The molecule has 0 saturated carbocycles. The number of hydrogen-bond donors (Lipinski definition) is 4. The van der Waals surface area contributed by atoms with Crippen LogP contribution in [0.2, 0.25) is 0 Å². The topological polar surface area (TPSA) is 154 Å². The SMILES string of the molecule is CCCCC1(CCCC)CN(c2ccccc2)c2cc(SC)c(OCC(=O)NCc3ccccc3C(=O)N[C@@H](CSC)C(=O)O)cc2S(=O)(=O)N1. The number of benzene rings is 3. The molecule has 2 amide bonds. The van der Waals surface area contributed by atoms with Crippen LogP contribution in [-0.4, -0.2) is 74.3 Å². The molecule has 0 aliphatic carbocycles. The number of anilines is 2. The highest BCUT2D eigenvalue weighted by Crippen LogP contribution is 2.44. The van der Waals surface area contributed by atoms with Gasteiger partial charge in [0.1, 0.15) is 16.7 Å². The van der Waals surface area contributed by atoms with E-state index in [9.17, 15) is 27.9 Å². The van der Waals surface area contributed by atoms with Crippen molar-refractivity contribution in [3.05, 3.63) is 77.9 Å². The second-order valence-corrected chi connectivity index (χ2v) is 15.9. The predicted molar refractivity (Wildman–Crippen MR) is 205 cm³/mol. The average Bonchev–Trinajstić information content (AvgIpc) is 3.22. The standard InChI is InChI=1S/C37H48N4O7S3/c1-5-7-18-37(19-8-6-2)25-41(27-15-10-9-11-16-27)30-20-32(50-4)31(21-33(30)51(46,47)40-37)48-23-34(42)38-22-26-14-12-13-17-28(26)35(43)39-29(24-49-3)36(44)45/h9-17,20-21,29,40H,5-8,18-19,22-25H2,1-4H3,(H,38,42)(H,39,43)(H,44,45)/t29-/m0/s1. The lowest BCUT2D eigenvalue weighted by atomic mass is 9.87. The molecule has 0 spiro atoms. The molecule has 1 atom stereocenters. The summed E-state index contributed by atoms with van der Waals surface area (Å²) in [6.07, 6.45) is 8.64. The van der Waals surface area contributed by atoms with Crippen molar-refractivity contribution in [2.45, 2.75) is 80.3 Å². The summed E-state index contributed by atoms with van der Waals surface area (Å²) in [5, 5.41) is 14.8. The number of thioether (sulfide) groups is 2. The fourth-order valence-corrected chi connectivity index (χ4v) is 8.87. The molecule has 4 N–H and O–H groups in total. The fraction of sp³-hybridized carbons (Fsp3) is 0.432. The molecule has 11 nitrogen and oxygen atoms in total. The summed E-state index contributed by atoms with van der Waals surface area (Å²) in [7, 11) is -4.01. The number of rotatable bonds is 18. The molecule has 4 rings (SSSR count). The number of carboxylic acid groups (broad SMARTS) is 1. The van der Waals surface area contributed by atoms with E-state index in [-0.39, 0.29) is 28.5 Å². The van der Waals surface area contributed by atoms with Crippen LogP contribution in [0.5, 0.6) is 5.75 Å². The van der Waals surface area contributed by atoms with Crippen molar-refractivity contribution < 1.29 is 32.6 Å². The van der Waals surface area contributed by atoms with Gasteiger partial charge in [-0.15, -0.1) is 11.8 Å². The maximum absolute atomic E-state index is 14.2. The zero-order valence-electron chi connectivity index (χ0n) is 29.6. The summed E-state index contributed by atoms with van der Waals surface area (Å²) < 4.78 is 37.6. The van der Waals surface area contributed by atoms with Gasteiger partial charge in [0.2, 0.25) is 10.0 Å². The highest BCUT2D eigenvalue weighted by molar-refractivity contribution is 7.98. The van der Waals surface area contributed by atoms with E-state index in [4.69, 9.17) is 4.74 Å². The van der Waals surface area contributed by atoms with Crippen LogP contribution >= 0.6 is 23.5 Å². The molecule has 0 saturated heterocycles. The van der Waals surface area contributed by atoms with Gasteiger partial charge >= 0.3 is 5.97 Å². The van der Waals surface area contributed by atoms with E-state index in [1.54, 1.807) is 30.5 Å². The van der Waals surface area contributed by atoms with E-state index in [1.165, 1.54) is 29.6 Å². The van der Waals surface area contributed by atoms with Crippen LogP contribution in [0.1, 0.15) is 68.3 Å². The molecule has 0 radical (unpaired) electrons. The van der Waals surface area contributed by atoms with E-state index in [2.05, 4.69) is 34.1 Å². The molecular weight excluding hydrogens is 709 g/mol. The van der Waals surface area contributed by atoms with Gasteiger partial charge in [0, 0.05) is 36.2 Å². The fourth-order valence-electron chi connectivity index (χ4n) is 6.10. The van der Waals surface area contributed by atoms with Crippen LogP contribution < -0.4 is 25.0 Å².